The van der Waals surface area contributed by atoms with Gasteiger partial charge in [-0.05, 0) is 25.9 Å². The topological polar surface area (TPSA) is 36.9 Å². The minimum Gasteiger partial charge on any atom is -0.402 e. The Balaban J connectivity index is 0. The Morgan fingerprint density at radius 2 is 1.17 bits per heavy atom. The van der Waals surface area contributed by atoms with Gasteiger partial charge in [0.1, 0.15) is 0 Å². The molecule has 0 bridgehead atoms. The van der Waals surface area contributed by atoms with E-state index in [0.29, 0.717) is 0 Å². The van der Waals surface area contributed by atoms with Gasteiger partial charge in [0.05, 0.1) is 0 Å². The zero-order chi connectivity index (χ0) is 14.3. The van der Waals surface area contributed by atoms with Gasteiger partial charge in [-0.25, -0.2) is 0 Å². The van der Waals surface area contributed by atoms with Crippen LogP contribution in [0.25, 0.3) is 0 Å². The molecule has 4 nitrogen and oxygen atoms in total. The van der Waals surface area contributed by atoms with Crippen molar-refractivity contribution >= 4 is 18.6 Å². The summed E-state index contributed by atoms with van der Waals surface area (Å²) >= 11 is 0. The molecule has 0 aliphatic rings. The molecule has 0 aromatic carbocycles. The first-order valence-corrected chi connectivity index (χ1v) is 10.3. The minimum atomic E-state index is -1.80. The maximum Gasteiger partial charge on any atom is 0.338 e. The Bertz CT molecular complexity index is 128. The highest BCUT2D eigenvalue weighted by Crippen LogP contribution is 2.22. The van der Waals surface area contributed by atoms with Crippen molar-refractivity contribution in [2.75, 3.05) is 27.4 Å². The molecule has 0 fully saturated rings. The minimum absolute atomic E-state index is 0.568. The van der Waals surface area contributed by atoms with E-state index in [1.165, 1.54) is 12.8 Å². The van der Waals surface area contributed by atoms with Gasteiger partial charge in [-0.3, -0.25) is 0 Å². The second kappa shape index (κ2) is 15.3. The number of hydrogen-bond acceptors (Lipinski definition) is 4. The first kappa shape index (κ1) is 20.6. The van der Waals surface area contributed by atoms with Gasteiger partial charge < -0.3 is 17.7 Å². The van der Waals surface area contributed by atoms with E-state index in [0.717, 1.165) is 25.3 Å². The van der Waals surface area contributed by atoms with Gasteiger partial charge in [-0.15, -0.1) is 0 Å². The molecular formula is C12H32O4Si2. The van der Waals surface area contributed by atoms with Crippen molar-refractivity contribution in [3.63, 3.8) is 0 Å². The molecule has 0 saturated carbocycles. The molecule has 0 aromatic heterocycles. The molecule has 0 atom stereocenters. The van der Waals surface area contributed by atoms with Crippen LogP contribution in [0.1, 0.15) is 40.5 Å². The van der Waals surface area contributed by atoms with Gasteiger partial charge in [0, 0.05) is 27.4 Å². The highest BCUT2D eigenvalue weighted by Gasteiger charge is 2.34. The van der Waals surface area contributed by atoms with Crippen molar-refractivity contribution in [3.05, 3.63) is 0 Å². The molecule has 18 heavy (non-hydrogen) atoms. The van der Waals surface area contributed by atoms with Gasteiger partial charge in [0.15, 0.2) is 0 Å². The smallest absolute Gasteiger partial charge is 0.338 e. The molecule has 0 amide bonds. The lowest BCUT2D eigenvalue weighted by atomic mass is 10.6. The summed E-state index contributed by atoms with van der Waals surface area (Å²) in [5.74, 6) is 0. The van der Waals surface area contributed by atoms with Crippen molar-refractivity contribution < 1.29 is 17.7 Å². The lowest BCUT2D eigenvalue weighted by Crippen LogP contribution is -2.41. The SMILES string of the molecule is CCC[Si](CCC)(OCC)OCC.CO[SiH2]OC. The third kappa shape index (κ3) is 11.4. The van der Waals surface area contributed by atoms with Crippen LogP contribution in [0.5, 0.6) is 0 Å². The predicted molar refractivity (Wildman–Crippen MR) is 81.8 cm³/mol. The van der Waals surface area contributed by atoms with Gasteiger partial charge in [0.25, 0.3) is 0 Å². The monoisotopic (exact) mass is 296 g/mol. The first-order valence-electron chi connectivity index (χ1n) is 6.91. The molecule has 0 N–H and O–H groups in total. The first-order chi connectivity index (χ1) is 8.66. The van der Waals surface area contributed by atoms with E-state index >= 15 is 0 Å². The summed E-state index contributed by atoms with van der Waals surface area (Å²) in [5.41, 5.74) is 0. The maximum absolute atomic E-state index is 5.87. The van der Waals surface area contributed by atoms with E-state index in [4.69, 9.17) is 8.85 Å². The Hall–Kier alpha value is 0.274. The third-order valence-corrected chi connectivity index (χ3v) is 6.94. The quantitative estimate of drug-likeness (QED) is 0.581. The molecule has 0 radical (unpaired) electrons. The second-order valence-corrected chi connectivity index (χ2v) is 8.76. The zero-order valence-corrected chi connectivity index (χ0v) is 15.5. The molecule has 0 rings (SSSR count). The Morgan fingerprint density at radius 3 is 1.33 bits per heavy atom. The maximum atomic E-state index is 5.87. The molecule has 6 heteroatoms. The van der Waals surface area contributed by atoms with E-state index in [2.05, 4.69) is 36.5 Å². The van der Waals surface area contributed by atoms with Gasteiger partial charge >= 0.3 is 18.6 Å². The van der Waals surface area contributed by atoms with Crippen LogP contribution >= 0.6 is 0 Å². The Labute approximate surface area is 117 Å². The fraction of sp³-hybridized carbons (Fsp3) is 1.00. The van der Waals surface area contributed by atoms with Crippen molar-refractivity contribution in [2.45, 2.75) is 52.6 Å². The summed E-state index contributed by atoms with van der Waals surface area (Å²) in [6.07, 6.45) is 2.35. The Kier molecular flexibility index (Phi) is 17.5. The molecule has 0 aromatic rings. The Morgan fingerprint density at radius 1 is 0.778 bits per heavy atom. The van der Waals surface area contributed by atoms with Crippen molar-refractivity contribution in [3.8, 4) is 0 Å². The van der Waals surface area contributed by atoms with E-state index < -0.39 is 18.6 Å². The second-order valence-electron chi connectivity index (χ2n) is 3.97. The summed E-state index contributed by atoms with van der Waals surface area (Å²) in [6, 6.07) is 2.28. The highest BCUT2D eigenvalue weighted by molar-refractivity contribution is 6.67. The van der Waals surface area contributed by atoms with E-state index in [1.807, 2.05) is 0 Å². The normalized spacial score (nSPS) is 11.0. The van der Waals surface area contributed by atoms with E-state index in [1.54, 1.807) is 14.2 Å². The van der Waals surface area contributed by atoms with Crippen LogP contribution in [-0.4, -0.2) is 46.0 Å². The lowest BCUT2D eigenvalue weighted by Gasteiger charge is -2.29. The largest absolute Gasteiger partial charge is 0.402 e. The van der Waals surface area contributed by atoms with Gasteiger partial charge in [0.2, 0.25) is 0 Å². The molecule has 0 spiro atoms. The van der Waals surface area contributed by atoms with Gasteiger partial charge in [-0.2, -0.15) is 0 Å². The van der Waals surface area contributed by atoms with E-state index in [9.17, 15) is 0 Å². The fourth-order valence-corrected chi connectivity index (χ4v) is 5.58. The van der Waals surface area contributed by atoms with Crippen LogP contribution in [0.3, 0.4) is 0 Å². The van der Waals surface area contributed by atoms with Crippen LogP contribution in [0.2, 0.25) is 12.1 Å². The average Bonchev–Trinajstić information content (AvgIpc) is 2.32. The lowest BCUT2D eigenvalue weighted by molar-refractivity contribution is 0.181. The van der Waals surface area contributed by atoms with Crippen LogP contribution < -0.4 is 0 Å². The van der Waals surface area contributed by atoms with E-state index in [-0.39, 0.29) is 0 Å². The third-order valence-electron chi connectivity index (χ3n) is 2.31. The molecule has 112 valence electrons. The number of hydrogen-bond donors (Lipinski definition) is 0. The van der Waals surface area contributed by atoms with Crippen LogP contribution in [0.15, 0.2) is 0 Å². The summed E-state index contributed by atoms with van der Waals surface area (Å²) in [4.78, 5) is 0. The fourth-order valence-electron chi connectivity index (χ4n) is 1.86. The predicted octanol–water partition coefficient (Wildman–Crippen LogP) is 2.60. The van der Waals surface area contributed by atoms with Gasteiger partial charge in [-0.1, -0.05) is 26.7 Å². The molecule has 0 aliphatic carbocycles. The van der Waals surface area contributed by atoms with Crippen molar-refractivity contribution in [1.82, 2.24) is 0 Å². The highest BCUT2D eigenvalue weighted by atomic mass is 28.4. The summed E-state index contributed by atoms with van der Waals surface area (Å²) in [5, 5.41) is 0. The molecule has 0 heterocycles. The molecule has 0 aliphatic heterocycles. The van der Waals surface area contributed by atoms with Crippen LogP contribution in [0.4, 0.5) is 0 Å². The average molecular weight is 297 g/mol. The zero-order valence-electron chi connectivity index (χ0n) is 13.1. The summed E-state index contributed by atoms with van der Waals surface area (Å²) < 4.78 is 21.0. The summed E-state index contributed by atoms with van der Waals surface area (Å²) in [7, 11) is 0.934. The molecule has 0 saturated heterocycles. The molecular weight excluding hydrogens is 264 g/mol. The van der Waals surface area contributed by atoms with Crippen LogP contribution in [-0.2, 0) is 17.7 Å². The standard InChI is InChI=1S/C10H24O2Si.C2H8O2Si/c1-5-9-13(10-6-2,11-7-3)12-8-4;1-3-5-4-2/h5-10H2,1-4H3;5H2,1-2H3. The number of rotatable bonds is 10. The van der Waals surface area contributed by atoms with Crippen molar-refractivity contribution in [2.24, 2.45) is 0 Å². The van der Waals surface area contributed by atoms with Crippen molar-refractivity contribution in [1.29, 1.82) is 0 Å². The summed E-state index contributed by atoms with van der Waals surface area (Å²) in [6.45, 7) is 10.1. The molecule has 0 unspecified atom stereocenters. The van der Waals surface area contributed by atoms with Crippen LogP contribution in [0, 0.1) is 0 Å².